The number of aliphatic hydroxyl groups is 1. The maximum absolute atomic E-state index is 12.6. The molecule has 0 fully saturated rings. The third-order valence-corrected chi connectivity index (χ3v) is 4.51. The summed E-state index contributed by atoms with van der Waals surface area (Å²) in [7, 11) is 0. The molecular weight excluding hydrogens is 264 g/mol. The third kappa shape index (κ3) is 1.49. The zero-order valence-electron chi connectivity index (χ0n) is 12.0. The Bertz CT molecular complexity index is 763. The van der Waals surface area contributed by atoms with E-state index in [0.717, 1.165) is 11.1 Å². The molecule has 0 saturated heterocycles. The zero-order chi connectivity index (χ0) is 14.8. The van der Waals surface area contributed by atoms with Crippen LogP contribution in [0.1, 0.15) is 52.7 Å². The van der Waals surface area contributed by atoms with Crippen molar-refractivity contribution in [1.29, 1.82) is 0 Å². The van der Waals surface area contributed by atoms with Gasteiger partial charge >= 0.3 is 0 Å². The lowest BCUT2D eigenvalue weighted by atomic mass is 9.91. The number of fused-ring (bicyclic) bond motifs is 5. The Morgan fingerprint density at radius 2 is 1.95 bits per heavy atom. The molecule has 0 saturated carbocycles. The maximum atomic E-state index is 12.6. The van der Waals surface area contributed by atoms with Gasteiger partial charge in [-0.05, 0) is 17.5 Å². The second-order valence-electron chi connectivity index (χ2n) is 6.09. The van der Waals surface area contributed by atoms with Gasteiger partial charge in [-0.25, -0.2) is 0 Å². The van der Waals surface area contributed by atoms with Gasteiger partial charge in [0.05, 0.1) is 0 Å². The van der Waals surface area contributed by atoms with E-state index in [0.29, 0.717) is 22.8 Å². The molecule has 1 aliphatic carbocycles. The van der Waals surface area contributed by atoms with E-state index in [-0.39, 0.29) is 5.78 Å². The van der Waals surface area contributed by atoms with Crippen LogP contribution in [-0.4, -0.2) is 10.9 Å². The molecule has 106 valence electrons. The van der Waals surface area contributed by atoms with Gasteiger partial charge in [0.25, 0.3) is 0 Å². The molecule has 2 atom stereocenters. The van der Waals surface area contributed by atoms with Crippen molar-refractivity contribution in [3.8, 4) is 5.75 Å². The van der Waals surface area contributed by atoms with Crippen LogP contribution in [0.5, 0.6) is 5.75 Å². The molecule has 3 nitrogen and oxygen atoms in total. The smallest absolute Gasteiger partial charge is 0.250 e. The summed E-state index contributed by atoms with van der Waals surface area (Å²) in [6.07, 6.45) is 0. The topological polar surface area (TPSA) is 46.5 Å². The number of benzene rings is 2. The highest BCUT2D eigenvalue weighted by Crippen LogP contribution is 2.55. The van der Waals surface area contributed by atoms with E-state index in [1.165, 1.54) is 0 Å². The molecule has 1 heterocycles. The fraction of sp³-hybridized carbons (Fsp3) is 0.278. The van der Waals surface area contributed by atoms with Gasteiger partial charge < -0.3 is 9.84 Å². The summed E-state index contributed by atoms with van der Waals surface area (Å²) in [4.78, 5) is 12.6. The molecule has 2 aromatic carbocycles. The summed E-state index contributed by atoms with van der Waals surface area (Å²) in [5, 5.41) is 11.0. The van der Waals surface area contributed by atoms with E-state index in [4.69, 9.17) is 4.74 Å². The first kappa shape index (κ1) is 12.6. The van der Waals surface area contributed by atoms with Gasteiger partial charge in [-0.1, -0.05) is 50.2 Å². The van der Waals surface area contributed by atoms with Crippen LogP contribution in [-0.2, 0) is 5.79 Å². The van der Waals surface area contributed by atoms with E-state index in [1.807, 2.05) is 30.3 Å². The minimum Gasteiger partial charge on any atom is -0.457 e. The lowest BCUT2D eigenvalue weighted by Crippen LogP contribution is -2.32. The molecule has 21 heavy (non-hydrogen) atoms. The molecule has 0 bridgehead atoms. The molecule has 0 amide bonds. The van der Waals surface area contributed by atoms with Crippen molar-refractivity contribution in [2.45, 2.75) is 31.5 Å². The highest BCUT2D eigenvalue weighted by Gasteiger charge is 2.58. The van der Waals surface area contributed by atoms with Gasteiger partial charge in [0.2, 0.25) is 5.79 Å². The van der Waals surface area contributed by atoms with Crippen LogP contribution in [0.4, 0.5) is 0 Å². The highest BCUT2D eigenvalue weighted by molar-refractivity contribution is 6.07. The van der Waals surface area contributed by atoms with Gasteiger partial charge in [0.1, 0.15) is 11.7 Å². The van der Waals surface area contributed by atoms with Crippen LogP contribution < -0.4 is 4.74 Å². The number of carbonyl (C=O) groups is 1. The van der Waals surface area contributed by atoms with Crippen LogP contribution in [0.25, 0.3) is 0 Å². The minimum atomic E-state index is -1.55. The number of hydrogen-bond donors (Lipinski definition) is 1. The maximum Gasteiger partial charge on any atom is 0.250 e. The predicted molar refractivity (Wildman–Crippen MR) is 78.6 cm³/mol. The zero-order valence-corrected chi connectivity index (χ0v) is 12.0. The number of Topliss-reactive ketones (excluding diaryl/α,β-unsaturated/α-hetero) is 1. The lowest BCUT2D eigenvalue weighted by Gasteiger charge is -2.22. The SMILES string of the molecule is CC(C)c1ccc2c(c1)OC1(O)c3ccccc3C(=O)C21. The Kier molecular flexibility index (Phi) is 2.37. The van der Waals surface area contributed by atoms with Crippen LogP contribution >= 0.6 is 0 Å². The average molecular weight is 280 g/mol. The summed E-state index contributed by atoms with van der Waals surface area (Å²) in [6, 6.07) is 13.0. The van der Waals surface area contributed by atoms with Crippen molar-refractivity contribution in [2.24, 2.45) is 0 Å². The van der Waals surface area contributed by atoms with Crippen molar-refractivity contribution < 1.29 is 14.6 Å². The molecule has 2 unspecified atom stereocenters. The number of ether oxygens (including phenoxy) is 1. The molecule has 0 spiro atoms. The van der Waals surface area contributed by atoms with Crippen molar-refractivity contribution in [1.82, 2.24) is 0 Å². The standard InChI is InChI=1S/C18H16O3/c1-10(2)11-7-8-13-15(9-11)21-18(20)14-6-4-3-5-12(14)17(19)16(13)18/h3-10,16,20H,1-2H3. The Morgan fingerprint density at radius 3 is 2.71 bits per heavy atom. The highest BCUT2D eigenvalue weighted by atomic mass is 16.6. The summed E-state index contributed by atoms with van der Waals surface area (Å²) in [6.45, 7) is 4.21. The number of hydrogen-bond acceptors (Lipinski definition) is 3. The van der Waals surface area contributed by atoms with E-state index in [9.17, 15) is 9.90 Å². The summed E-state index contributed by atoms with van der Waals surface area (Å²) >= 11 is 0. The monoisotopic (exact) mass is 280 g/mol. The van der Waals surface area contributed by atoms with Crippen LogP contribution in [0.3, 0.4) is 0 Å². The van der Waals surface area contributed by atoms with Gasteiger partial charge in [-0.2, -0.15) is 0 Å². The molecular formula is C18H16O3. The molecule has 1 aliphatic heterocycles. The van der Waals surface area contributed by atoms with Crippen molar-refractivity contribution in [3.05, 3.63) is 64.7 Å². The van der Waals surface area contributed by atoms with Crippen molar-refractivity contribution in [2.75, 3.05) is 0 Å². The van der Waals surface area contributed by atoms with Crippen LogP contribution in [0.15, 0.2) is 42.5 Å². The molecule has 2 aromatic rings. The molecule has 0 aromatic heterocycles. The Balaban J connectivity index is 1.89. The molecule has 3 heteroatoms. The van der Waals surface area contributed by atoms with Gasteiger partial charge in [0, 0.05) is 16.7 Å². The number of ketones is 1. The van der Waals surface area contributed by atoms with E-state index < -0.39 is 11.7 Å². The quantitative estimate of drug-likeness (QED) is 0.871. The first-order chi connectivity index (χ1) is 10.0. The fourth-order valence-corrected chi connectivity index (χ4v) is 3.37. The second-order valence-corrected chi connectivity index (χ2v) is 6.09. The molecule has 0 radical (unpaired) electrons. The summed E-state index contributed by atoms with van der Waals surface area (Å²) in [5.41, 5.74) is 3.05. The Hall–Kier alpha value is -2.13. The molecule has 1 N–H and O–H groups in total. The lowest BCUT2D eigenvalue weighted by molar-refractivity contribution is -0.134. The molecule has 2 aliphatic rings. The van der Waals surface area contributed by atoms with Crippen molar-refractivity contribution in [3.63, 3.8) is 0 Å². The van der Waals surface area contributed by atoms with Gasteiger partial charge in [-0.3, -0.25) is 4.79 Å². The first-order valence-corrected chi connectivity index (χ1v) is 7.21. The third-order valence-electron chi connectivity index (χ3n) is 4.51. The van der Waals surface area contributed by atoms with Crippen molar-refractivity contribution >= 4 is 5.78 Å². The van der Waals surface area contributed by atoms with E-state index >= 15 is 0 Å². The van der Waals surface area contributed by atoms with E-state index in [1.54, 1.807) is 12.1 Å². The van der Waals surface area contributed by atoms with Gasteiger partial charge in [-0.15, -0.1) is 0 Å². The Labute approximate surface area is 123 Å². The predicted octanol–water partition coefficient (Wildman–Crippen LogP) is 3.33. The number of rotatable bonds is 1. The van der Waals surface area contributed by atoms with E-state index in [2.05, 4.69) is 13.8 Å². The summed E-state index contributed by atoms with van der Waals surface area (Å²) < 4.78 is 5.84. The first-order valence-electron chi connectivity index (χ1n) is 7.21. The minimum absolute atomic E-state index is 0.0656. The number of carbonyl (C=O) groups excluding carboxylic acids is 1. The van der Waals surface area contributed by atoms with Crippen LogP contribution in [0, 0.1) is 0 Å². The summed E-state index contributed by atoms with van der Waals surface area (Å²) in [5.74, 6) is -1.27. The van der Waals surface area contributed by atoms with Gasteiger partial charge in [0.15, 0.2) is 5.78 Å². The Morgan fingerprint density at radius 1 is 1.19 bits per heavy atom. The largest absolute Gasteiger partial charge is 0.457 e. The fourth-order valence-electron chi connectivity index (χ4n) is 3.37. The van der Waals surface area contributed by atoms with Crippen LogP contribution in [0.2, 0.25) is 0 Å². The normalized spacial score (nSPS) is 25.5. The molecule has 4 rings (SSSR count). The second kappa shape index (κ2) is 3.95. The average Bonchev–Trinajstić information content (AvgIpc) is 2.88.